The van der Waals surface area contributed by atoms with E-state index in [1.807, 2.05) is 12.1 Å². The molecule has 1 rings (SSSR count). The molecular formula is C12H19NO3S. The zero-order chi connectivity index (χ0) is 12.9. The number of benzene rings is 1. The van der Waals surface area contributed by atoms with Gasteiger partial charge in [-0.1, -0.05) is 26.0 Å². The summed E-state index contributed by atoms with van der Waals surface area (Å²) in [6.07, 6.45) is 1.03. The maximum absolute atomic E-state index is 10.9. The first kappa shape index (κ1) is 14.0. The van der Waals surface area contributed by atoms with Gasteiger partial charge >= 0.3 is 10.1 Å². The molecular weight excluding hydrogens is 238 g/mol. The summed E-state index contributed by atoms with van der Waals surface area (Å²) in [5.41, 5.74) is 1.10. The second-order valence-electron chi connectivity index (χ2n) is 4.46. The Balaban J connectivity index is 2.50. The van der Waals surface area contributed by atoms with Crippen LogP contribution < -0.4 is 9.50 Å². The van der Waals surface area contributed by atoms with Crippen LogP contribution in [0.1, 0.15) is 19.4 Å². The van der Waals surface area contributed by atoms with E-state index in [-0.39, 0.29) is 0 Å². The van der Waals surface area contributed by atoms with Gasteiger partial charge in [0.2, 0.25) is 0 Å². The Kier molecular flexibility index (Phi) is 4.96. The molecule has 0 aromatic heterocycles. The van der Waals surface area contributed by atoms with Gasteiger partial charge in [-0.3, -0.25) is 0 Å². The average Bonchev–Trinajstić information content (AvgIpc) is 2.18. The van der Waals surface area contributed by atoms with E-state index < -0.39 is 10.1 Å². The van der Waals surface area contributed by atoms with Crippen LogP contribution in [0.2, 0.25) is 0 Å². The molecule has 0 saturated heterocycles. The molecule has 0 aliphatic rings. The molecule has 0 amide bonds. The molecule has 1 aromatic rings. The topological polar surface area (TPSA) is 55.4 Å². The number of nitrogens with one attached hydrogen (secondary N) is 1. The van der Waals surface area contributed by atoms with Crippen molar-refractivity contribution in [2.45, 2.75) is 20.4 Å². The highest BCUT2D eigenvalue weighted by atomic mass is 32.2. The monoisotopic (exact) mass is 257 g/mol. The third-order valence-corrected chi connectivity index (χ3v) is 2.55. The van der Waals surface area contributed by atoms with Crippen molar-refractivity contribution in [1.82, 2.24) is 5.32 Å². The fourth-order valence-corrected chi connectivity index (χ4v) is 1.80. The van der Waals surface area contributed by atoms with Gasteiger partial charge in [0, 0.05) is 6.54 Å². The minimum atomic E-state index is -3.43. The SMILES string of the molecule is CC(C)CNCc1ccc(OS(C)(=O)=O)cc1. The van der Waals surface area contributed by atoms with Crippen LogP contribution in [0.4, 0.5) is 0 Å². The van der Waals surface area contributed by atoms with Crippen LogP contribution in [-0.4, -0.2) is 21.2 Å². The van der Waals surface area contributed by atoms with Crippen LogP contribution >= 0.6 is 0 Å². The minimum absolute atomic E-state index is 0.347. The fraction of sp³-hybridized carbons (Fsp3) is 0.500. The van der Waals surface area contributed by atoms with Crippen molar-refractivity contribution in [1.29, 1.82) is 0 Å². The normalized spacial score (nSPS) is 11.8. The van der Waals surface area contributed by atoms with Crippen molar-refractivity contribution < 1.29 is 12.6 Å². The number of hydrogen-bond donors (Lipinski definition) is 1. The van der Waals surface area contributed by atoms with Crippen LogP contribution in [0.25, 0.3) is 0 Å². The highest BCUT2D eigenvalue weighted by Gasteiger charge is 2.03. The predicted molar refractivity (Wildman–Crippen MR) is 68.5 cm³/mol. The molecule has 96 valence electrons. The maximum atomic E-state index is 10.9. The summed E-state index contributed by atoms with van der Waals surface area (Å²) in [6.45, 7) is 6.03. The van der Waals surface area contributed by atoms with Crippen LogP contribution in [0.5, 0.6) is 5.75 Å². The third kappa shape index (κ3) is 6.28. The first-order valence-corrected chi connectivity index (χ1v) is 7.37. The summed E-state index contributed by atoms with van der Waals surface area (Å²) in [5.74, 6) is 0.961. The molecule has 4 nitrogen and oxygen atoms in total. The molecule has 0 bridgehead atoms. The summed E-state index contributed by atoms with van der Waals surface area (Å²) in [6, 6.07) is 7.03. The second-order valence-corrected chi connectivity index (χ2v) is 6.03. The molecule has 17 heavy (non-hydrogen) atoms. The summed E-state index contributed by atoms with van der Waals surface area (Å²) < 4.78 is 26.5. The van der Waals surface area contributed by atoms with Gasteiger partial charge in [-0.2, -0.15) is 8.42 Å². The molecule has 5 heteroatoms. The van der Waals surface area contributed by atoms with Crippen molar-refractivity contribution in [2.75, 3.05) is 12.8 Å². The zero-order valence-electron chi connectivity index (χ0n) is 10.4. The Morgan fingerprint density at radius 2 is 1.82 bits per heavy atom. The summed E-state index contributed by atoms with van der Waals surface area (Å²) in [5, 5.41) is 3.31. The van der Waals surface area contributed by atoms with Crippen molar-refractivity contribution >= 4 is 10.1 Å². The Bertz CT molecular complexity index is 437. The number of rotatable bonds is 6. The average molecular weight is 257 g/mol. The third-order valence-electron chi connectivity index (χ3n) is 2.05. The van der Waals surface area contributed by atoms with E-state index in [1.165, 1.54) is 0 Å². The lowest BCUT2D eigenvalue weighted by Crippen LogP contribution is -2.18. The van der Waals surface area contributed by atoms with E-state index in [1.54, 1.807) is 12.1 Å². The molecule has 0 aliphatic heterocycles. The van der Waals surface area contributed by atoms with E-state index in [2.05, 4.69) is 19.2 Å². The Labute approximate surface area is 103 Å². The summed E-state index contributed by atoms with van der Waals surface area (Å²) in [7, 11) is -3.43. The molecule has 0 saturated carbocycles. The van der Waals surface area contributed by atoms with Gasteiger partial charge in [0.25, 0.3) is 0 Å². The largest absolute Gasteiger partial charge is 0.383 e. The lowest BCUT2D eigenvalue weighted by molar-refractivity contribution is 0.492. The van der Waals surface area contributed by atoms with Crippen LogP contribution in [0.15, 0.2) is 24.3 Å². The number of hydrogen-bond acceptors (Lipinski definition) is 4. The molecule has 1 aromatic carbocycles. The lowest BCUT2D eigenvalue weighted by atomic mass is 10.2. The molecule has 0 unspecified atom stereocenters. The molecule has 0 heterocycles. The predicted octanol–water partition coefficient (Wildman–Crippen LogP) is 1.77. The molecule has 0 atom stereocenters. The van der Waals surface area contributed by atoms with Gasteiger partial charge in [0.15, 0.2) is 0 Å². The van der Waals surface area contributed by atoms with Crippen molar-refractivity contribution in [3.63, 3.8) is 0 Å². The quantitative estimate of drug-likeness (QED) is 0.789. The van der Waals surface area contributed by atoms with E-state index in [0.29, 0.717) is 11.7 Å². The second kappa shape index (κ2) is 6.02. The minimum Gasteiger partial charge on any atom is -0.383 e. The molecule has 0 fully saturated rings. The van der Waals surface area contributed by atoms with Crippen molar-refractivity contribution in [3.8, 4) is 5.75 Å². The smallest absolute Gasteiger partial charge is 0.306 e. The first-order chi connectivity index (χ1) is 7.87. The van der Waals surface area contributed by atoms with Crippen LogP contribution in [-0.2, 0) is 16.7 Å². The maximum Gasteiger partial charge on any atom is 0.306 e. The highest BCUT2D eigenvalue weighted by molar-refractivity contribution is 7.86. The molecule has 1 N–H and O–H groups in total. The van der Waals surface area contributed by atoms with Crippen molar-refractivity contribution in [3.05, 3.63) is 29.8 Å². The van der Waals surface area contributed by atoms with E-state index in [4.69, 9.17) is 4.18 Å². The molecule has 0 radical (unpaired) electrons. The Morgan fingerprint density at radius 3 is 2.29 bits per heavy atom. The lowest BCUT2D eigenvalue weighted by Gasteiger charge is -2.08. The fourth-order valence-electron chi connectivity index (χ4n) is 1.34. The van der Waals surface area contributed by atoms with Gasteiger partial charge in [-0.15, -0.1) is 0 Å². The van der Waals surface area contributed by atoms with Gasteiger partial charge in [-0.25, -0.2) is 0 Å². The molecule has 0 spiro atoms. The van der Waals surface area contributed by atoms with Crippen LogP contribution in [0.3, 0.4) is 0 Å². The van der Waals surface area contributed by atoms with Crippen LogP contribution in [0, 0.1) is 5.92 Å². The summed E-state index contributed by atoms with van der Waals surface area (Å²) >= 11 is 0. The van der Waals surface area contributed by atoms with Gasteiger partial charge < -0.3 is 9.50 Å². The van der Waals surface area contributed by atoms with E-state index in [9.17, 15) is 8.42 Å². The Hall–Kier alpha value is -1.07. The zero-order valence-corrected chi connectivity index (χ0v) is 11.3. The van der Waals surface area contributed by atoms with Crippen molar-refractivity contribution in [2.24, 2.45) is 5.92 Å². The highest BCUT2D eigenvalue weighted by Crippen LogP contribution is 2.13. The van der Waals surface area contributed by atoms with Gasteiger partial charge in [0.05, 0.1) is 6.26 Å². The van der Waals surface area contributed by atoms with Gasteiger partial charge in [-0.05, 0) is 30.2 Å². The molecule has 0 aliphatic carbocycles. The summed E-state index contributed by atoms with van der Waals surface area (Å²) in [4.78, 5) is 0. The van der Waals surface area contributed by atoms with Gasteiger partial charge in [0.1, 0.15) is 5.75 Å². The first-order valence-electron chi connectivity index (χ1n) is 5.56. The Morgan fingerprint density at radius 1 is 1.24 bits per heavy atom. The van der Waals surface area contributed by atoms with E-state index >= 15 is 0 Å². The standard InChI is InChI=1S/C12H19NO3S/c1-10(2)8-13-9-11-4-6-12(7-5-11)16-17(3,14)15/h4-7,10,13H,8-9H2,1-3H3. The van der Waals surface area contributed by atoms with E-state index in [0.717, 1.165) is 24.9 Å².